The van der Waals surface area contributed by atoms with Gasteiger partial charge in [-0.1, -0.05) is 36.7 Å². The van der Waals surface area contributed by atoms with Crippen LogP contribution in [0.2, 0.25) is 5.02 Å². The molecular formula is C13H19ClFN3O. The monoisotopic (exact) mass is 287 g/mol. The number of nitrogens with two attached hydrogens (primary N) is 1. The van der Waals surface area contributed by atoms with Crippen molar-refractivity contribution in [2.24, 2.45) is 16.3 Å². The van der Waals surface area contributed by atoms with Gasteiger partial charge < -0.3 is 16.3 Å². The fraction of sp³-hybridized carbons (Fsp3) is 0.462. The third-order valence-electron chi connectivity index (χ3n) is 3.04. The van der Waals surface area contributed by atoms with Crippen LogP contribution in [0.3, 0.4) is 0 Å². The van der Waals surface area contributed by atoms with Crippen molar-refractivity contribution in [2.45, 2.75) is 26.7 Å². The minimum Gasteiger partial charge on any atom is -0.409 e. The molecule has 0 spiro atoms. The molecule has 0 radical (unpaired) electrons. The molecule has 1 rings (SSSR count). The minimum absolute atomic E-state index is 0.191. The number of hydrogen-bond acceptors (Lipinski definition) is 3. The molecule has 0 atom stereocenters. The van der Waals surface area contributed by atoms with Gasteiger partial charge in [0, 0.05) is 12.0 Å². The molecule has 19 heavy (non-hydrogen) atoms. The maximum Gasteiger partial charge on any atom is 0.147 e. The summed E-state index contributed by atoms with van der Waals surface area (Å²) in [5.41, 5.74) is 5.51. The molecule has 0 saturated carbocycles. The first-order valence-electron chi connectivity index (χ1n) is 6.04. The van der Waals surface area contributed by atoms with E-state index in [2.05, 4.69) is 10.5 Å². The van der Waals surface area contributed by atoms with Crippen LogP contribution in [0.1, 0.15) is 26.7 Å². The molecule has 0 aromatic heterocycles. The van der Waals surface area contributed by atoms with Crippen LogP contribution >= 0.6 is 11.6 Å². The number of nitrogens with one attached hydrogen (secondary N) is 1. The second kappa shape index (κ2) is 6.61. The zero-order valence-corrected chi connectivity index (χ0v) is 11.8. The summed E-state index contributed by atoms with van der Waals surface area (Å²) in [5.74, 6) is -0.181. The molecule has 1 aromatic rings. The Morgan fingerprint density at radius 1 is 1.53 bits per heavy atom. The molecule has 0 fully saturated rings. The second-order valence-electron chi connectivity index (χ2n) is 5.00. The fourth-order valence-electron chi connectivity index (χ4n) is 1.67. The van der Waals surface area contributed by atoms with Gasteiger partial charge in [-0.05, 0) is 25.0 Å². The largest absolute Gasteiger partial charge is 0.409 e. The quantitative estimate of drug-likeness (QED) is 0.247. The smallest absolute Gasteiger partial charge is 0.147 e. The number of hydrogen-bond donors (Lipinski definition) is 3. The van der Waals surface area contributed by atoms with Crippen LogP contribution in [0.5, 0.6) is 0 Å². The van der Waals surface area contributed by atoms with Crippen molar-refractivity contribution in [3.05, 3.63) is 29.0 Å². The minimum atomic E-state index is -0.393. The fourth-order valence-corrected chi connectivity index (χ4v) is 1.90. The molecule has 106 valence electrons. The van der Waals surface area contributed by atoms with Gasteiger partial charge in [-0.3, -0.25) is 0 Å². The van der Waals surface area contributed by atoms with Gasteiger partial charge >= 0.3 is 0 Å². The van der Waals surface area contributed by atoms with Gasteiger partial charge in [0.2, 0.25) is 0 Å². The second-order valence-corrected chi connectivity index (χ2v) is 5.40. The highest BCUT2D eigenvalue weighted by atomic mass is 35.5. The first-order chi connectivity index (χ1) is 8.88. The zero-order valence-electron chi connectivity index (χ0n) is 11.1. The van der Waals surface area contributed by atoms with Gasteiger partial charge in [0.1, 0.15) is 11.7 Å². The average molecular weight is 288 g/mol. The Morgan fingerprint density at radius 3 is 2.79 bits per heavy atom. The highest BCUT2D eigenvalue weighted by Crippen LogP contribution is 2.26. The molecule has 0 amide bonds. The number of amidine groups is 1. The molecule has 0 saturated heterocycles. The number of benzene rings is 1. The first kappa shape index (κ1) is 15.6. The normalized spacial score (nSPS) is 12.5. The van der Waals surface area contributed by atoms with Crippen molar-refractivity contribution in [3.8, 4) is 0 Å². The summed E-state index contributed by atoms with van der Waals surface area (Å²) in [5, 5.41) is 15.0. The average Bonchev–Trinajstić information content (AvgIpc) is 2.36. The predicted octanol–water partition coefficient (Wildman–Crippen LogP) is 3.44. The summed E-state index contributed by atoms with van der Waals surface area (Å²) in [6.07, 6.45) is 1.45. The Hall–Kier alpha value is -1.49. The Morgan fingerprint density at radius 2 is 2.21 bits per heavy atom. The third-order valence-corrected chi connectivity index (χ3v) is 3.36. The van der Waals surface area contributed by atoms with E-state index in [9.17, 15) is 4.39 Å². The Bertz CT molecular complexity index is 443. The van der Waals surface area contributed by atoms with Crippen molar-refractivity contribution < 1.29 is 9.60 Å². The van der Waals surface area contributed by atoms with Crippen LogP contribution in [0.15, 0.2) is 23.4 Å². The molecular weight excluding hydrogens is 269 g/mol. The van der Waals surface area contributed by atoms with Crippen LogP contribution in [0.4, 0.5) is 10.1 Å². The summed E-state index contributed by atoms with van der Waals surface area (Å²) >= 11 is 5.90. The lowest BCUT2D eigenvalue weighted by atomic mass is 9.86. The van der Waals surface area contributed by atoms with Gasteiger partial charge in [-0.15, -0.1) is 0 Å². The van der Waals surface area contributed by atoms with E-state index in [1.807, 2.05) is 13.8 Å². The number of anilines is 1. The van der Waals surface area contributed by atoms with E-state index in [-0.39, 0.29) is 11.7 Å². The summed E-state index contributed by atoms with van der Waals surface area (Å²) in [6, 6.07) is 4.55. The van der Waals surface area contributed by atoms with Crippen LogP contribution in [-0.4, -0.2) is 17.6 Å². The van der Waals surface area contributed by atoms with E-state index in [0.717, 1.165) is 6.42 Å². The van der Waals surface area contributed by atoms with Gasteiger partial charge in [0.25, 0.3) is 0 Å². The van der Waals surface area contributed by atoms with Crippen molar-refractivity contribution in [3.63, 3.8) is 0 Å². The van der Waals surface area contributed by atoms with Crippen molar-refractivity contribution >= 4 is 23.1 Å². The molecule has 1 aromatic carbocycles. The number of para-hydroxylation sites is 1. The standard InChI is InChI=1S/C13H19ClFN3O/c1-13(2,12(16)18-19)7-4-8-17-11-9(14)5-3-6-10(11)15/h3,5-6,17,19H,4,7-8H2,1-2H3,(H2,16,18). The lowest BCUT2D eigenvalue weighted by Gasteiger charge is -2.22. The van der Waals surface area contributed by atoms with Gasteiger partial charge in [-0.25, -0.2) is 4.39 Å². The summed E-state index contributed by atoms with van der Waals surface area (Å²) in [4.78, 5) is 0. The predicted molar refractivity (Wildman–Crippen MR) is 76.3 cm³/mol. The molecule has 4 nitrogen and oxygen atoms in total. The highest BCUT2D eigenvalue weighted by molar-refractivity contribution is 6.33. The SMILES string of the molecule is CC(C)(CCCNc1c(F)cccc1Cl)/C(N)=N/O. The molecule has 0 aliphatic rings. The van der Waals surface area contributed by atoms with Gasteiger partial charge in [0.05, 0.1) is 10.7 Å². The van der Waals surface area contributed by atoms with Gasteiger partial charge in [-0.2, -0.15) is 0 Å². The van der Waals surface area contributed by atoms with E-state index >= 15 is 0 Å². The molecule has 0 unspecified atom stereocenters. The van der Waals surface area contributed by atoms with Crippen molar-refractivity contribution in [2.75, 3.05) is 11.9 Å². The van der Waals surface area contributed by atoms with Crippen molar-refractivity contribution in [1.82, 2.24) is 0 Å². The zero-order chi connectivity index (χ0) is 14.5. The summed E-state index contributed by atoms with van der Waals surface area (Å²) in [7, 11) is 0. The molecule has 0 aliphatic carbocycles. The Labute approximate surface area is 117 Å². The van der Waals surface area contributed by atoms with E-state index in [0.29, 0.717) is 23.7 Å². The molecule has 0 bridgehead atoms. The Kier molecular flexibility index (Phi) is 5.42. The van der Waals surface area contributed by atoms with E-state index in [1.165, 1.54) is 6.07 Å². The van der Waals surface area contributed by atoms with E-state index in [4.69, 9.17) is 22.5 Å². The maximum absolute atomic E-state index is 13.5. The molecule has 4 N–H and O–H groups in total. The first-order valence-corrected chi connectivity index (χ1v) is 6.42. The third kappa shape index (κ3) is 4.28. The van der Waals surface area contributed by atoms with Gasteiger partial charge in [0.15, 0.2) is 0 Å². The molecule has 0 aliphatic heterocycles. The topological polar surface area (TPSA) is 70.6 Å². The van der Waals surface area contributed by atoms with Crippen LogP contribution in [-0.2, 0) is 0 Å². The van der Waals surface area contributed by atoms with Crippen LogP contribution in [0.25, 0.3) is 0 Å². The highest BCUT2D eigenvalue weighted by Gasteiger charge is 2.22. The summed E-state index contributed by atoms with van der Waals surface area (Å²) in [6.45, 7) is 4.33. The van der Waals surface area contributed by atoms with Crippen LogP contribution in [0, 0.1) is 11.2 Å². The van der Waals surface area contributed by atoms with Crippen LogP contribution < -0.4 is 11.1 Å². The van der Waals surface area contributed by atoms with E-state index in [1.54, 1.807) is 12.1 Å². The number of rotatable bonds is 6. The van der Waals surface area contributed by atoms with Crippen molar-refractivity contribution in [1.29, 1.82) is 0 Å². The van der Waals surface area contributed by atoms with E-state index < -0.39 is 5.41 Å². The lowest BCUT2D eigenvalue weighted by molar-refractivity contribution is 0.305. The lowest BCUT2D eigenvalue weighted by Crippen LogP contribution is -2.32. The molecule has 0 heterocycles. The number of oxime groups is 1. The maximum atomic E-state index is 13.5. The summed E-state index contributed by atoms with van der Waals surface area (Å²) < 4.78 is 13.5. The Balaban J connectivity index is 2.48. The number of halogens is 2. The number of nitrogens with zero attached hydrogens (tertiary/aromatic N) is 1. The molecule has 6 heteroatoms.